The largest absolute Gasteiger partial charge is 0.285 e. The van der Waals surface area contributed by atoms with Gasteiger partial charge in [-0.05, 0) is 30.3 Å². The van der Waals surface area contributed by atoms with Crippen molar-refractivity contribution in [3.05, 3.63) is 67.3 Å². The Kier molecular flexibility index (Phi) is 3.28. The van der Waals surface area contributed by atoms with E-state index in [0.29, 0.717) is 5.65 Å². The molecule has 0 aromatic carbocycles. The number of aromatic nitrogens is 7. The molecule has 0 spiro atoms. The molecule has 7 nitrogen and oxygen atoms in total. The average molecular weight is 339 g/mol. The molecule has 5 rings (SSSR count). The van der Waals surface area contributed by atoms with Crippen molar-refractivity contribution in [1.29, 1.82) is 0 Å². The Hall–Kier alpha value is -3.87. The highest BCUT2D eigenvalue weighted by molar-refractivity contribution is 6.02. The Balaban J connectivity index is 1.83. The normalized spacial score (nSPS) is 11.1. The van der Waals surface area contributed by atoms with Crippen LogP contribution in [0.2, 0.25) is 0 Å². The zero-order valence-corrected chi connectivity index (χ0v) is 13.6. The summed E-state index contributed by atoms with van der Waals surface area (Å²) in [4.78, 5) is 13.7. The van der Waals surface area contributed by atoms with Crippen LogP contribution in [-0.4, -0.2) is 35.3 Å². The van der Waals surface area contributed by atoms with E-state index in [1.807, 2.05) is 48.7 Å². The van der Waals surface area contributed by atoms with E-state index < -0.39 is 0 Å². The fourth-order valence-electron chi connectivity index (χ4n) is 2.98. The average Bonchev–Trinajstić information content (AvgIpc) is 3.38. The first-order chi connectivity index (χ1) is 12.9. The number of H-pyrrole nitrogens is 2. The monoisotopic (exact) mass is 339 g/mol. The van der Waals surface area contributed by atoms with Crippen LogP contribution in [-0.2, 0) is 0 Å². The number of fused-ring (bicyclic) bond motifs is 1. The fourth-order valence-corrected chi connectivity index (χ4v) is 2.98. The molecule has 0 atom stereocenters. The minimum Gasteiger partial charge on any atom is -0.285 e. The van der Waals surface area contributed by atoms with E-state index in [4.69, 9.17) is 4.98 Å². The minimum absolute atomic E-state index is 0.616. The highest BCUT2D eigenvalue weighted by atomic mass is 15.2. The third-order valence-electron chi connectivity index (χ3n) is 4.18. The Morgan fingerprint density at radius 2 is 1.65 bits per heavy atom. The lowest BCUT2D eigenvalue weighted by Gasteiger charge is -2.07. The second-order valence-electron chi connectivity index (χ2n) is 5.77. The summed E-state index contributed by atoms with van der Waals surface area (Å²) in [6.45, 7) is 0. The summed E-state index contributed by atoms with van der Waals surface area (Å²) in [5, 5.41) is 15.2. The molecule has 0 fully saturated rings. The van der Waals surface area contributed by atoms with E-state index in [0.717, 1.165) is 39.3 Å². The maximum Gasteiger partial charge on any atom is 0.182 e. The Morgan fingerprint density at radius 1 is 0.846 bits per heavy atom. The molecule has 0 aliphatic heterocycles. The number of rotatable bonds is 3. The first-order valence-electron chi connectivity index (χ1n) is 8.11. The zero-order valence-electron chi connectivity index (χ0n) is 13.6. The SMILES string of the molecule is c1ccc(-c2cc(-c3cn[nH]c3)nc3n[nH]c(-c4ccccn4)c23)nc1. The number of nitrogens with zero attached hydrogens (tertiary/aromatic N) is 5. The van der Waals surface area contributed by atoms with Crippen LogP contribution in [0.1, 0.15) is 0 Å². The molecular weight excluding hydrogens is 326 g/mol. The molecule has 124 valence electrons. The van der Waals surface area contributed by atoms with Crippen molar-refractivity contribution in [3.63, 3.8) is 0 Å². The maximum absolute atomic E-state index is 4.69. The van der Waals surface area contributed by atoms with Crippen LogP contribution in [0, 0.1) is 0 Å². The van der Waals surface area contributed by atoms with Crippen LogP contribution in [0.15, 0.2) is 67.3 Å². The van der Waals surface area contributed by atoms with Crippen LogP contribution in [0.3, 0.4) is 0 Å². The van der Waals surface area contributed by atoms with Crippen molar-refractivity contribution >= 4 is 11.0 Å². The topological polar surface area (TPSA) is 96.0 Å². The standard InChI is InChI=1S/C19H13N7/c1-3-7-20-14(5-1)13-9-16(12-10-22-23-11-12)24-19-17(13)18(25-26-19)15-6-2-4-8-21-15/h1-11H,(H,22,23)(H,24,25,26). The van der Waals surface area contributed by atoms with Crippen LogP contribution in [0.25, 0.3) is 44.9 Å². The minimum atomic E-state index is 0.616. The van der Waals surface area contributed by atoms with Gasteiger partial charge in [0, 0.05) is 29.7 Å². The zero-order chi connectivity index (χ0) is 17.3. The van der Waals surface area contributed by atoms with Gasteiger partial charge in [0.05, 0.1) is 34.4 Å². The second kappa shape index (κ2) is 5.89. The lowest BCUT2D eigenvalue weighted by molar-refractivity contribution is 1.09. The highest BCUT2D eigenvalue weighted by Gasteiger charge is 2.18. The number of hydrogen-bond donors (Lipinski definition) is 2. The smallest absolute Gasteiger partial charge is 0.182 e. The lowest BCUT2D eigenvalue weighted by Crippen LogP contribution is -1.91. The number of pyridine rings is 3. The maximum atomic E-state index is 4.69. The summed E-state index contributed by atoms with van der Waals surface area (Å²) >= 11 is 0. The van der Waals surface area contributed by atoms with Crippen LogP contribution >= 0.6 is 0 Å². The van der Waals surface area contributed by atoms with Crippen molar-refractivity contribution in [2.24, 2.45) is 0 Å². The molecule has 0 saturated heterocycles. The molecule has 26 heavy (non-hydrogen) atoms. The summed E-state index contributed by atoms with van der Waals surface area (Å²) in [5.74, 6) is 0. The molecule has 0 aliphatic rings. The highest BCUT2D eigenvalue weighted by Crippen LogP contribution is 2.35. The van der Waals surface area contributed by atoms with Crippen molar-refractivity contribution in [2.45, 2.75) is 0 Å². The molecule has 5 aromatic heterocycles. The molecule has 5 aromatic rings. The number of nitrogens with one attached hydrogen (secondary N) is 2. The van der Waals surface area contributed by atoms with E-state index in [9.17, 15) is 0 Å². The molecule has 0 amide bonds. The second-order valence-corrected chi connectivity index (χ2v) is 5.77. The van der Waals surface area contributed by atoms with Crippen molar-refractivity contribution in [2.75, 3.05) is 0 Å². The lowest BCUT2D eigenvalue weighted by atomic mass is 10.0. The van der Waals surface area contributed by atoms with E-state index in [1.54, 1.807) is 18.6 Å². The van der Waals surface area contributed by atoms with Gasteiger partial charge in [-0.1, -0.05) is 12.1 Å². The van der Waals surface area contributed by atoms with E-state index in [2.05, 4.69) is 30.4 Å². The summed E-state index contributed by atoms with van der Waals surface area (Å²) in [5.41, 5.74) is 5.73. The van der Waals surface area contributed by atoms with Gasteiger partial charge in [-0.3, -0.25) is 20.2 Å². The number of aromatic amines is 2. The molecule has 0 radical (unpaired) electrons. The van der Waals surface area contributed by atoms with E-state index in [1.165, 1.54) is 0 Å². The quantitative estimate of drug-likeness (QED) is 0.525. The van der Waals surface area contributed by atoms with Gasteiger partial charge in [-0.25, -0.2) is 4.98 Å². The summed E-state index contributed by atoms with van der Waals surface area (Å²) < 4.78 is 0. The third kappa shape index (κ3) is 2.34. The van der Waals surface area contributed by atoms with Gasteiger partial charge in [-0.15, -0.1) is 0 Å². The summed E-state index contributed by atoms with van der Waals surface area (Å²) in [7, 11) is 0. The van der Waals surface area contributed by atoms with Gasteiger partial charge in [0.2, 0.25) is 0 Å². The molecule has 2 N–H and O–H groups in total. The Bertz CT molecular complexity index is 1160. The van der Waals surface area contributed by atoms with Crippen LogP contribution < -0.4 is 0 Å². The molecule has 0 aliphatic carbocycles. The van der Waals surface area contributed by atoms with Gasteiger partial charge >= 0.3 is 0 Å². The molecule has 5 heterocycles. The van der Waals surface area contributed by atoms with Crippen LogP contribution in [0.4, 0.5) is 0 Å². The first-order valence-corrected chi connectivity index (χ1v) is 8.11. The molecule has 0 saturated carbocycles. The molecule has 7 heteroatoms. The molecule has 0 bridgehead atoms. The molecular formula is C19H13N7. The van der Waals surface area contributed by atoms with E-state index >= 15 is 0 Å². The predicted molar refractivity (Wildman–Crippen MR) is 97.9 cm³/mol. The van der Waals surface area contributed by atoms with Gasteiger partial charge in [0.25, 0.3) is 0 Å². The third-order valence-corrected chi connectivity index (χ3v) is 4.18. The van der Waals surface area contributed by atoms with Crippen LogP contribution in [0.5, 0.6) is 0 Å². The predicted octanol–water partition coefficient (Wildman–Crippen LogP) is 3.47. The van der Waals surface area contributed by atoms with Crippen molar-refractivity contribution < 1.29 is 0 Å². The summed E-state index contributed by atoms with van der Waals surface area (Å²) in [6.07, 6.45) is 7.08. The van der Waals surface area contributed by atoms with Gasteiger partial charge in [-0.2, -0.15) is 10.2 Å². The first kappa shape index (κ1) is 14.5. The Morgan fingerprint density at radius 3 is 2.35 bits per heavy atom. The summed E-state index contributed by atoms with van der Waals surface area (Å²) in [6, 6.07) is 13.6. The number of hydrogen-bond acceptors (Lipinski definition) is 5. The fraction of sp³-hybridized carbons (Fsp3) is 0. The molecule has 0 unspecified atom stereocenters. The van der Waals surface area contributed by atoms with Gasteiger partial charge < -0.3 is 0 Å². The van der Waals surface area contributed by atoms with E-state index in [-0.39, 0.29) is 0 Å². The Labute approximate surface area is 148 Å². The van der Waals surface area contributed by atoms with Crippen molar-refractivity contribution in [1.82, 2.24) is 35.3 Å². The van der Waals surface area contributed by atoms with Crippen molar-refractivity contribution in [3.8, 4) is 33.9 Å². The van der Waals surface area contributed by atoms with Gasteiger partial charge in [0.1, 0.15) is 0 Å². The van der Waals surface area contributed by atoms with Gasteiger partial charge in [0.15, 0.2) is 5.65 Å².